The molecule has 0 aliphatic heterocycles. The van der Waals surface area contributed by atoms with Crippen molar-refractivity contribution in [2.45, 2.75) is 6.92 Å². The molecule has 142 valence electrons. The van der Waals surface area contributed by atoms with Crippen molar-refractivity contribution in [2.75, 3.05) is 13.2 Å². The minimum Gasteiger partial charge on any atom is -0.482 e. The normalized spacial score (nSPS) is 10.0. The van der Waals surface area contributed by atoms with Gasteiger partial charge in [-0.3, -0.25) is 20.4 Å². The number of halogens is 2. The zero-order valence-electron chi connectivity index (χ0n) is 14.3. The average Bonchev–Trinajstić information content (AvgIpc) is 2.65. The molecule has 7 nitrogen and oxygen atoms in total. The number of rotatable bonds is 6. The number of amides is 2. The number of esters is 1. The molecule has 2 N–H and O–H groups in total. The van der Waals surface area contributed by atoms with Crippen LogP contribution in [-0.4, -0.2) is 31.0 Å². The average molecular weight is 395 g/mol. The summed E-state index contributed by atoms with van der Waals surface area (Å²) in [6.45, 7) is 0.739. The second kappa shape index (κ2) is 9.54. The number of benzene rings is 2. The van der Waals surface area contributed by atoms with Gasteiger partial charge < -0.3 is 9.47 Å². The largest absolute Gasteiger partial charge is 0.482 e. The molecular formula is C18H16ClFN2O5. The lowest BCUT2D eigenvalue weighted by molar-refractivity contribution is -0.150. The van der Waals surface area contributed by atoms with Crippen molar-refractivity contribution in [3.8, 4) is 5.75 Å². The summed E-state index contributed by atoms with van der Waals surface area (Å²) in [5.41, 5.74) is 4.58. The van der Waals surface area contributed by atoms with E-state index in [4.69, 9.17) is 21.1 Å². The van der Waals surface area contributed by atoms with Crippen molar-refractivity contribution in [2.24, 2.45) is 0 Å². The van der Waals surface area contributed by atoms with E-state index < -0.39 is 36.8 Å². The van der Waals surface area contributed by atoms with Crippen molar-refractivity contribution in [3.05, 3.63) is 64.4 Å². The highest BCUT2D eigenvalue weighted by molar-refractivity contribution is 6.31. The quantitative estimate of drug-likeness (QED) is 0.578. The molecule has 0 saturated heterocycles. The zero-order valence-corrected chi connectivity index (χ0v) is 15.0. The number of hydrogen-bond donors (Lipinski definition) is 2. The lowest BCUT2D eigenvalue weighted by atomic mass is 10.2. The first-order valence-electron chi connectivity index (χ1n) is 7.75. The van der Waals surface area contributed by atoms with Crippen LogP contribution in [0.5, 0.6) is 5.75 Å². The fourth-order valence-electron chi connectivity index (χ4n) is 1.91. The number of aryl methyl sites for hydroxylation is 1. The first kappa shape index (κ1) is 20.2. The van der Waals surface area contributed by atoms with Gasteiger partial charge in [0.25, 0.3) is 11.8 Å². The van der Waals surface area contributed by atoms with Crippen LogP contribution < -0.4 is 15.6 Å². The van der Waals surface area contributed by atoms with Crippen molar-refractivity contribution in [1.29, 1.82) is 0 Å². The summed E-state index contributed by atoms with van der Waals surface area (Å²) < 4.78 is 23.4. The highest BCUT2D eigenvalue weighted by atomic mass is 35.5. The summed E-state index contributed by atoms with van der Waals surface area (Å²) >= 11 is 5.89. The second-order valence-electron chi connectivity index (χ2n) is 5.34. The Hall–Kier alpha value is -3.13. The first-order chi connectivity index (χ1) is 12.9. The molecule has 0 aliphatic rings. The van der Waals surface area contributed by atoms with E-state index in [1.165, 1.54) is 18.2 Å². The molecule has 0 unspecified atom stereocenters. The molecule has 2 aromatic carbocycles. The van der Waals surface area contributed by atoms with Gasteiger partial charge in [-0.25, -0.2) is 9.18 Å². The van der Waals surface area contributed by atoms with Crippen LogP contribution in [0.2, 0.25) is 5.02 Å². The van der Waals surface area contributed by atoms with E-state index in [2.05, 4.69) is 0 Å². The molecule has 0 spiro atoms. The molecule has 0 saturated carbocycles. The maximum atomic E-state index is 13.4. The maximum absolute atomic E-state index is 13.4. The molecule has 0 radical (unpaired) electrons. The van der Waals surface area contributed by atoms with Gasteiger partial charge in [-0.2, -0.15) is 0 Å². The van der Waals surface area contributed by atoms with Crippen LogP contribution in [0.1, 0.15) is 15.9 Å². The van der Waals surface area contributed by atoms with Crippen LogP contribution in [0.25, 0.3) is 0 Å². The Morgan fingerprint density at radius 3 is 2.52 bits per heavy atom. The Balaban J connectivity index is 1.70. The Morgan fingerprint density at radius 2 is 1.81 bits per heavy atom. The fraction of sp³-hybridized carbons (Fsp3) is 0.167. The Morgan fingerprint density at radius 1 is 1.07 bits per heavy atom. The number of ether oxygens (including phenoxy) is 2. The van der Waals surface area contributed by atoms with Gasteiger partial charge in [-0.15, -0.1) is 0 Å². The van der Waals surface area contributed by atoms with Gasteiger partial charge in [0.2, 0.25) is 0 Å². The molecule has 0 heterocycles. The van der Waals surface area contributed by atoms with E-state index in [9.17, 15) is 18.8 Å². The third-order valence-corrected chi connectivity index (χ3v) is 3.71. The van der Waals surface area contributed by atoms with E-state index in [0.717, 1.165) is 11.6 Å². The summed E-state index contributed by atoms with van der Waals surface area (Å²) in [7, 11) is 0. The Labute approximate surface area is 159 Å². The topological polar surface area (TPSA) is 93.7 Å². The predicted octanol–water partition coefficient (Wildman–Crippen LogP) is 2.17. The summed E-state index contributed by atoms with van der Waals surface area (Å²) in [4.78, 5) is 34.9. The fourth-order valence-corrected chi connectivity index (χ4v) is 2.03. The van der Waals surface area contributed by atoms with Gasteiger partial charge in [0, 0.05) is 5.02 Å². The van der Waals surface area contributed by atoms with Gasteiger partial charge in [0.15, 0.2) is 13.2 Å². The molecule has 2 aromatic rings. The molecular weight excluding hydrogens is 379 g/mol. The van der Waals surface area contributed by atoms with E-state index >= 15 is 0 Å². The molecule has 27 heavy (non-hydrogen) atoms. The van der Waals surface area contributed by atoms with E-state index in [0.29, 0.717) is 10.8 Å². The maximum Gasteiger partial charge on any atom is 0.344 e. The molecule has 0 fully saturated rings. The van der Waals surface area contributed by atoms with Crippen LogP contribution >= 0.6 is 11.6 Å². The first-order valence-corrected chi connectivity index (χ1v) is 8.13. The third kappa shape index (κ3) is 6.27. The van der Waals surface area contributed by atoms with Gasteiger partial charge in [-0.1, -0.05) is 23.7 Å². The summed E-state index contributed by atoms with van der Waals surface area (Å²) in [6.07, 6.45) is 0. The van der Waals surface area contributed by atoms with Crippen molar-refractivity contribution in [3.63, 3.8) is 0 Å². The minimum atomic E-state index is -0.839. The SMILES string of the molecule is Cc1cc(OCC(=O)OCC(=O)NNC(=O)c2ccccc2F)ccc1Cl. The number of nitrogens with one attached hydrogen (secondary N) is 2. The highest BCUT2D eigenvalue weighted by Crippen LogP contribution is 2.20. The lowest BCUT2D eigenvalue weighted by Gasteiger charge is -2.09. The summed E-state index contributed by atoms with van der Waals surface area (Å²) in [6, 6.07) is 10.1. The predicted molar refractivity (Wildman–Crippen MR) is 94.7 cm³/mol. The number of hydrogen-bond acceptors (Lipinski definition) is 5. The monoisotopic (exact) mass is 394 g/mol. The standard InChI is InChI=1S/C18H16ClFN2O5/c1-11-8-12(6-7-14(11)19)26-10-17(24)27-9-16(23)21-22-18(25)13-4-2-3-5-15(13)20/h2-8H,9-10H2,1H3,(H,21,23)(H,22,25). The van der Waals surface area contributed by atoms with E-state index in [1.807, 2.05) is 10.9 Å². The highest BCUT2D eigenvalue weighted by Gasteiger charge is 2.13. The van der Waals surface area contributed by atoms with Gasteiger partial charge >= 0.3 is 5.97 Å². The third-order valence-electron chi connectivity index (χ3n) is 3.28. The van der Waals surface area contributed by atoms with E-state index in [1.54, 1.807) is 25.1 Å². The van der Waals surface area contributed by atoms with Crippen molar-refractivity contribution < 1.29 is 28.2 Å². The second-order valence-corrected chi connectivity index (χ2v) is 5.75. The zero-order chi connectivity index (χ0) is 19.8. The van der Waals surface area contributed by atoms with Gasteiger partial charge in [0.05, 0.1) is 5.56 Å². The number of hydrazine groups is 1. The van der Waals surface area contributed by atoms with Crippen LogP contribution in [0, 0.1) is 12.7 Å². The molecule has 0 bridgehead atoms. The van der Waals surface area contributed by atoms with Crippen LogP contribution in [0.4, 0.5) is 4.39 Å². The number of carbonyl (C=O) groups excluding carboxylic acids is 3. The minimum absolute atomic E-state index is 0.235. The molecule has 0 aromatic heterocycles. The van der Waals surface area contributed by atoms with Crippen molar-refractivity contribution >= 4 is 29.4 Å². The van der Waals surface area contributed by atoms with Gasteiger partial charge in [-0.05, 0) is 42.8 Å². The lowest BCUT2D eigenvalue weighted by Crippen LogP contribution is -2.44. The summed E-state index contributed by atoms with van der Waals surface area (Å²) in [5, 5.41) is 0.569. The Kier molecular flexibility index (Phi) is 7.13. The van der Waals surface area contributed by atoms with Gasteiger partial charge in [0.1, 0.15) is 11.6 Å². The van der Waals surface area contributed by atoms with Crippen LogP contribution in [0.15, 0.2) is 42.5 Å². The molecule has 0 atom stereocenters. The van der Waals surface area contributed by atoms with Crippen LogP contribution in [-0.2, 0) is 14.3 Å². The Bertz CT molecular complexity index is 859. The molecule has 9 heteroatoms. The molecule has 0 aliphatic carbocycles. The number of carbonyl (C=O) groups is 3. The smallest absolute Gasteiger partial charge is 0.344 e. The molecule has 2 amide bonds. The van der Waals surface area contributed by atoms with E-state index in [-0.39, 0.29) is 5.56 Å². The van der Waals surface area contributed by atoms with Crippen LogP contribution in [0.3, 0.4) is 0 Å². The van der Waals surface area contributed by atoms with Crippen molar-refractivity contribution in [1.82, 2.24) is 10.9 Å². The molecule has 2 rings (SSSR count). The summed E-state index contributed by atoms with van der Waals surface area (Å²) in [5.74, 6) is -2.72.